The third-order valence-corrected chi connectivity index (χ3v) is 5.76. The number of carbonyl (C=O) groups is 2. The van der Waals surface area contributed by atoms with Crippen molar-refractivity contribution in [3.8, 4) is 0 Å². The minimum Gasteiger partial charge on any atom is -0.467 e. The summed E-state index contributed by atoms with van der Waals surface area (Å²) in [6.45, 7) is 4.95. The fourth-order valence-corrected chi connectivity index (χ4v) is 4.06. The second-order valence-electron chi connectivity index (χ2n) is 9.10. The fourth-order valence-electron chi connectivity index (χ4n) is 4.06. The van der Waals surface area contributed by atoms with E-state index in [4.69, 9.17) is 4.42 Å². The van der Waals surface area contributed by atoms with Gasteiger partial charge in [0.1, 0.15) is 18.1 Å². The van der Waals surface area contributed by atoms with Crippen LogP contribution < -0.4 is 0 Å². The molecule has 0 saturated heterocycles. The third-order valence-electron chi connectivity index (χ3n) is 5.76. The van der Waals surface area contributed by atoms with Crippen LogP contribution in [0, 0.1) is 11.7 Å². The lowest BCUT2D eigenvalue weighted by molar-refractivity contribution is -0.133. The number of furan rings is 1. The normalized spacial score (nSPS) is 11.1. The summed E-state index contributed by atoms with van der Waals surface area (Å²) in [6, 6.07) is 23.1. The van der Waals surface area contributed by atoms with E-state index in [1.807, 2.05) is 56.3 Å². The van der Waals surface area contributed by atoms with Crippen LogP contribution in [0.25, 0.3) is 10.8 Å². The van der Waals surface area contributed by atoms with E-state index < -0.39 is 0 Å². The number of hydrogen-bond acceptors (Lipinski definition) is 3. The molecule has 0 N–H and O–H groups in total. The number of hydrogen-bond donors (Lipinski definition) is 0. The molecule has 0 fully saturated rings. The zero-order valence-corrected chi connectivity index (χ0v) is 20.0. The molecule has 4 aromatic rings. The fraction of sp³-hybridized carbons (Fsp3) is 0.241. The van der Waals surface area contributed by atoms with E-state index in [1.165, 1.54) is 12.1 Å². The number of rotatable bonds is 9. The largest absolute Gasteiger partial charge is 0.467 e. The van der Waals surface area contributed by atoms with Gasteiger partial charge in [0, 0.05) is 18.7 Å². The van der Waals surface area contributed by atoms with Gasteiger partial charge in [-0.2, -0.15) is 0 Å². The Hall–Kier alpha value is -3.93. The lowest BCUT2D eigenvalue weighted by atomic mass is 10.1. The Balaban J connectivity index is 1.56. The molecule has 2 amide bonds. The van der Waals surface area contributed by atoms with E-state index in [9.17, 15) is 14.0 Å². The number of fused-ring (bicyclic) bond motifs is 1. The van der Waals surface area contributed by atoms with Crippen molar-refractivity contribution in [1.82, 2.24) is 9.80 Å². The molecule has 6 heteroatoms. The van der Waals surface area contributed by atoms with Gasteiger partial charge in [0.05, 0.1) is 12.8 Å². The van der Waals surface area contributed by atoms with Gasteiger partial charge in [-0.05, 0) is 58.7 Å². The van der Waals surface area contributed by atoms with Crippen LogP contribution >= 0.6 is 0 Å². The van der Waals surface area contributed by atoms with Crippen LogP contribution in [0.15, 0.2) is 89.5 Å². The van der Waals surface area contributed by atoms with Gasteiger partial charge in [-0.1, -0.05) is 56.3 Å². The molecule has 5 nitrogen and oxygen atoms in total. The minimum atomic E-state index is -0.332. The Kier molecular flexibility index (Phi) is 7.60. The van der Waals surface area contributed by atoms with Crippen molar-refractivity contribution >= 4 is 22.6 Å². The molecule has 1 aromatic heterocycles. The highest BCUT2D eigenvalue weighted by atomic mass is 19.1. The summed E-state index contributed by atoms with van der Waals surface area (Å²) in [5.74, 6) is 0.0966. The molecular formula is C29H29FN2O3. The molecule has 0 aliphatic carbocycles. The van der Waals surface area contributed by atoms with Crippen molar-refractivity contribution in [2.45, 2.75) is 26.9 Å². The maximum absolute atomic E-state index is 13.5. The van der Waals surface area contributed by atoms with Crippen LogP contribution in [0.2, 0.25) is 0 Å². The van der Waals surface area contributed by atoms with Crippen molar-refractivity contribution in [2.75, 3.05) is 13.1 Å². The maximum atomic E-state index is 13.5. The first-order chi connectivity index (χ1) is 16.9. The summed E-state index contributed by atoms with van der Waals surface area (Å²) < 4.78 is 18.9. The third kappa shape index (κ3) is 6.35. The Morgan fingerprint density at radius 1 is 0.857 bits per heavy atom. The summed E-state index contributed by atoms with van der Waals surface area (Å²) in [5.41, 5.74) is 1.34. The molecule has 0 bridgehead atoms. The van der Waals surface area contributed by atoms with Gasteiger partial charge >= 0.3 is 0 Å². The molecule has 1 heterocycles. The number of nitrogens with zero attached hydrogens (tertiary/aromatic N) is 2. The summed E-state index contributed by atoms with van der Waals surface area (Å²) in [5, 5.41) is 2.03. The van der Waals surface area contributed by atoms with E-state index in [1.54, 1.807) is 40.3 Å². The average molecular weight is 473 g/mol. The molecule has 0 saturated carbocycles. The Labute approximate surface area is 204 Å². The van der Waals surface area contributed by atoms with E-state index in [-0.39, 0.29) is 43.2 Å². The first kappa shape index (κ1) is 24.2. The van der Waals surface area contributed by atoms with E-state index in [2.05, 4.69) is 0 Å². The summed E-state index contributed by atoms with van der Waals surface area (Å²) in [7, 11) is 0. The molecule has 180 valence electrons. The number of carbonyl (C=O) groups excluding carboxylic acids is 2. The van der Waals surface area contributed by atoms with Crippen LogP contribution in [0.1, 0.15) is 35.5 Å². The first-order valence-electron chi connectivity index (χ1n) is 11.7. The van der Waals surface area contributed by atoms with Crippen LogP contribution in [-0.4, -0.2) is 34.7 Å². The lowest BCUT2D eigenvalue weighted by Gasteiger charge is -2.28. The topological polar surface area (TPSA) is 53.8 Å². The zero-order valence-electron chi connectivity index (χ0n) is 20.0. The van der Waals surface area contributed by atoms with Gasteiger partial charge < -0.3 is 14.2 Å². The van der Waals surface area contributed by atoms with Crippen molar-refractivity contribution < 1.29 is 18.4 Å². The quantitative estimate of drug-likeness (QED) is 0.305. The number of halogens is 1. The van der Waals surface area contributed by atoms with Crippen LogP contribution in [0.5, 0.6) is 0 Å². The predicted octanol–water partition coefficient (Wildman–Crippen LogP) is 5.90. The second kappa shape index (κ2) is 11.0. The molecular weight excluding hydrogens is 443 g/mol. The van der Waals surface area contributed by atoms with Gasteiger partial charge in [-0.15, -0.1) is 0 Å². The van der Waals surface area contributed by atoms with Gasteiger partial charge in [-0.25, -0.2) is 4.39 Å². The smallest absolute Gasteiger partial charge is 0.254 e. The molecule has 0 radical (unpaired) electrons. The van der Waals surface area contributed by atoms with E-state index in [0.717, 1.165) is 16.3 Å². The Morgan fingerprint density at radius 2 is 1.60 bits per heavy atom. The maximum Gasteiger partial charge on any atom is 0.254 e. The minimum absolute atomic E-state index is 0.0637. The molecule has 0 aliphatic heterocycles. The highest BCUT2D eigenvalue weighted by molar-refractivity contribution is 6.00. The molecule has 0 spiro atoms. The van der Waals surface area contributed by atoms with Crippen LogP contribution in [-0.2, 0) is 17.9 Å². The summed E-state index contributed by atoms with van der Waals surface area (Å²) >= 11 is 0. The van der Waals surface area contributed by atoms with Gasteiger partial charge in [0.25, 0.3) is 5.91 Å². The highest BCUT2D eigenvalue weighted by Gasteiger charge is 2.24. The van der Waals surface area contributed by atoms with Gasteiger partial charge in [0.2, 0.25) is 5.91 Å². The first-order valence-corrected chi connectivity index (χ1v) is 11.7. The highest BCUT2D eigenvalue weighted by Crippen LogP contribution is 2.18. The predicted molar refractivity (Wildman–Crippen MR) is 134 cm³/mol. The number of amides is 2. The SMILES string of the molecule is CC(C)CN(CC(=O)N(Cc1ccc(F)cc1)Cc1ccco1)C(=O)c1ccc2ccccc2c1. The molecule has 0 aliphatic rings. The van der Waals surface area contributed by atoms with Crippen molar-refractivity contribution in [2.24, 2.45) is 5.92 Å². The van der Waals surface area contributed by atoms with Gasteiger partial charge in [-0.3, -0.25) is 9.59 Å². The van der Waals surface area contributed by atoms with E-state index >= 15 is 0 Å². The molecule has 35 heavy (non-hydrogen) atoms. The molecule has 0 unspecified atom stereocenters. The Morgan fingerprint density at radius 3 is 2.29 bits per heavy atom. The van der Waals surface area contributed by atoms with Crippen molar-refractivity contribution in [3.05, 3.63) is 108 Å². The lowest BCUT2D eigenvalue weighted by Crippen LogP contribution is -2.43. The number of benzene rings is 3. The Bertz CT molecular complexity index is 1280. The molecule has 3 aromatic carbocycles. The summed E-state index contributed by atoms with van der Waals surface area (Å²) in [4.78, 5) is 30.2. The van der Waals surface area contributed by atoms with Crippen LogP contribution in [0.4, 0.5) is 4.39 Å². The van der Waals surface area contributed by atoms with E-state index in [0.29, 0.717) is 17.9 Å². The van der Waals surface area contributed by atoms with Gasteiger partial charge in [0.15, 0.2) is 0 Å². The zero-order chi connectivity index (χ0) is 24.8. The van der Waals surface area contributed by atoms with Crippen LogP contribution in [0.3, 0.4) is 0 Å². The van der Waals surface area contributed by atoms with Crippen molar-refractivity contribution in [3.63, 3.8) is 0 Å². The summed E-state index contributed by atoms with van der Waals surface area (Å²) in [6.07, 6.45) is 1.56. The standard InChI is InChI=1S/C29H29FN2O3/c1-21(2)17-32(29(34)25-12-11-23-6-3-4-7-24(23)16-25)20-28(33)31(19-27-8-5-15-35-27)18-22-9-13-26(30)14-10-22/h3-16,21H,17-20H2,1-2H3. The molecule has 4 rings (SSSR count). The monoisotopic (exact) mass is 472 g/mol. The second-order valence-corrected chi connectivity index (χ2v) is 9.10. The average Bonchev–Trinajstić information content (AvgIpc) is 3.36. The van der Waals surface area contributed by atoms with Crippen molar-refractivity contribution in [1.29, 1.82) is 0 Å². The molecule has 0 atom stereocenters.